The SMILES string of the molecule is O=S1(=O)c2ccccc2-n2c3ccccc3c3c(-c4ccccc4)c(-c4ccccc4)c4c5ccccc5n1c4c32. The van der Waals surface area contributed by atoms with Crippen molar-refractivity contribution in [1.29, 1.82) is 0 Å². The third-order valence-corrected chi connectivity index (χ3v) is 10.2. The van der Waals surface area contributed by atoms with Gasteiger partial charge in [-0.3, -0.25) is 0 Å². The lowest BCUT2D eigenvalue weighted by Gasteiger charge is -2.16. The fourth-order valence-electron chi connectivity index (χ4n) is 6.89. The van der Waals surface area contributed by atoms with E-state index in [1.54, 1.807) is 10.0 Å². The molecule has 0 unspecified atom stereocenters. The number of nitrogens with zero attached hydrogens (tertiary/aromatic N) is 2. The zero-order valence-corrected chi connectivity index (χ0v) is 22.6. The zero-order chi connectivity index (χ0) is 27.3. The quantitative estimate of drug-likeness (QED) is 0.218. The van der Waals surface area contributed by atoms with Crippen LogP contribution in [0.25, 0.3) is 71.6 Å². The maximum Gasteiger partial charge on any atom is 0.270 e. The summed E-state index contributed by atoms with van der Waals surface area (Å²) in [5, 5.41) is 4.00. The molecule has 0 radical (unpaired) electrons. The second-order valence-electron chi connectivity index (χ2n) is 10.5. The highest BCUT2D eigenvalue weighted by Crippen LogP contribution is 2.53. The van der Waals surface area contributed by atoms with Crippen LogP contribution in [0.2, 0.25) is 0 Å². The first-order valence-electron chi connectivity index (χ1n) is 13.6. The minimum absolute atomic E-state index is 0.295. The van der Waals surface area contributed by atoms with Crippen molar-refractivity contribution in [1.82, 2.24) is 8.54 Å². The van der Waals surface area contributed by atoms with Gasteiger partial charge in [0.2, 0.25) is 0 Å². The van der Waals surface area contributed by atoms with E-state index in [0.29, 0.717) is 21.6 Å². The molecule has 2 aromatic heterocycles. The number of para-hydroxylation sites is 3. The summed E-state index contributed by atoms with van der Waals surface area (Å²) in [6, 6.07) is 44.5. The number of hydrogen-bond acceptors (Lipinski definition) is 2. The van der Waals surface area contributed by atoms with Crippen LogP contribution in [-0.2, 0) is 10.0 Å². The molecule has 8 aromatic rings. The highest BCUT2D eigenvalue weighted by molar-refractivity contribution is 7.90. The van der Waals surface area contributed by atoms with Gasteiger partial charge in [0.15, 0.2) is 0 Å². The summed E-state index contributed by atoms with van der Waals surface area (Å²) in [5.41, 5.74) is 8.23. The molecule has 6 aromatic carbocycles. The molecule has 0 amide bonds. The molecule has 0 fully saturated rings. The van der Waals surface area contributed by atoms with Crippen molar-refractivity contribution in [3.8, 4) is 27.9 Å². The summed E-state index contributed by atoms with van der Waals surface area (Å²) in [6.07, 6.45) is 0. The van der Waals surface area contributed by atoms with Gasteiger partial charge in [-0.05, 0) is 35.4 Å². The highest BCUT2D eigenvalue weighted by atomic mass is 32.2. The van der Waals surface area contributed by atoms with Gasteiger partial charge >= 0.3 is 0 Å². The summed E-state index contributed by atoms with van der Waals surface area (Å²) in [6.45, 7) is 0. The largest absolute Gasteiger partial charge is 0.306 e. The molecule has 4 nitrogen and oxygen atoms in total. The molecule has 194 valence electrons. The molecule has 0 N–H and O–H groups in total. The predicted octanol–water partition coefficient (Wildman–Crippen LogP) is 8.78. The van der Waals surface area contributed by atoms with Crippen molar-refractivity contribution >= 4 is 53.6 Å². The van der Waals surface area contributed by atoms with Crippen LogP contribution < -0.4 is 0 Å². The predicted molar refractivity (Wildman–Crippen MR) is 167 cm³/mol. The van der Waals surface area contributed by atoms with E-state index in [0.717, 1.165) is 54.8 Å². The Labute approximate surface area is 236 Å². The normalized spacial score (nSPS) is 13.8. The molecule has 0 saturated heterocycles. The van der Waals surface area contributed by atoms with Crippen LogP contribution in [0.3, 0.4) is 0 Å². The second-order valence-corrected chi connectivity index (χ2v) is 12.3. The third kappa shape index (κ3) is 2.81. The molecule has 5 heteroatoms. The fourth-order valence-corrected chi connectivity index (χ4v) is 8.60. The van der Waals surface area contributed by atoms with Crippen molar-refractivity contribution < 1.29 is 8.42 Å². The van der Waals surface area contributed by atoms with Crippen molar-refractivity contribution in [2.24, 2.45) is 0 Å². The average molecular weight is 547 g/mol. The minimum Gasteiger partial charge on any atom is -0.306 e. The molecular weight excluding hydrogens is 524 g/mol. The number of benzene rings is 6. The Bertz CT molecular complexity index is 2470. The van der Waals surface area contributed by atoms with Gasteiger partial charge < -0.3 is 4.57 Å². The van der Waals surface area contributed by atoms with Crippen molar-refractivity contribution in [2.75, 3.05) is 0 Å². The van der Waals surface area contributed by atoms with Crippen LogP contribution in [0.15, 0.2) is 138 Å². The van der Waals surface area contributed by atoms with E-state index in [2.05, 4.69) is 65.2 Å². The van der Waals surface area contributed by atoms with E-state index >= 15 is 0 Å². The van der Waals surface area contributed by atoms with E-state index in [9.17, 15) is 8.42 Å². The molecule has 0 atom stereocenters. The Morgan fingerprint density at radius 2 is 0.951 bits per heavy atom. The Morgan fingerprint density at radius 1 is 0.463 bits per heavy atom. The van der Waals surface area contributed by atoms with Crippen molar-refractivity contribution in [3.05, 3.63) is 133 Å². The monoisotopic (exact) mass is 546 g/mol. The van der Waals surface area contributed by atoms with E-state index < -0.39 is 10.0 Å². The summed E-state index contributed by atoms with van der Waals surface area (Å²) in [7, 11) is -3.95. The van der Waals surface area contributed by atoms with Gasteiger partial charge in [0.1, 0.15) is 4.90 Å². The summed E-state index contributed by atoms with van der Waals surface area (Å²) in [5.74, 6) is 0. The maximum absolute atomic E-state index is 14.7. The first-order chi connectivity index (χ1) is 20.2. The van der Waals surface area contributed by atoms with Gasteiger partial charge in [-0.25, -0.2) is 12.4 Å². The van der Waals surface area contributed by atoms with Gasteiger partial charge in [-0.1, -0.05) is 109 Å². The first-order valence-corrected chi connectivity index (χ1v) is 15.1. The Balaban J connectivity index is 1.73. The average Bonchev–Trinajstić information content (AvgIpc) is 3.53. The minimum atomic E-state index is -3.95. The van der Waals surface area contributed by atoms with Crippen LogP contribution in [0.4, 0.5) is 0 Å². The lowest BCUT2D eigenvalue weighted by molar-refractivity contribution is 0.590. The Kier molecular flexibility index (Phi) is 4.40. The van der Waals surface area contributed by atoms with E-state index in [1.165, 1.54) is 0 Å². The topological polar surface area (TPSA) is 44.0 Å². The Hall–Kier alpha value is -5.13. The van der Waals surface area contributed by atoms with Crippen LogP contribution in [0, 0.1) is 0 Å². The van der Waals surface area contributed by atoms with Gasteiger partial charge in [-0.15, -0.1) is 0 Å². The lowest BCUT2D eigenvalue weighted by atomic mass is 9.87. The number of hydrogen-bond donors (Lipinski definition) is 0. The Morgan fingerprint density at radius 3 is 1.61 bits per heavy atom. The third-order valence-electron chi connectivity index (χ3n) is 8.43. The molecule has 0 bridgehead atoms. The number of rotatable bonds is 2. The van der Waals surface area contributed by atoms with Gasteiger partial charge in [0.25, 0.3) is 10.0 Å². The first kappa shape index (κ1) is 22.7. The van der Waals surface area contributed by atoms with Gasteiger partial charge in [-0.2, -0.15) is 0 Å². The summed E-state index contributed by atoms with van der Waals surface area (Å²) >= 11 is 0. The zero-order valence-electron chi connectivity index (χ0n) is 21.8. The van der Waals surface area contributed by atoms with E-state index in [-0.39, 0.29) is 0 Å². The lowest BCUT2D eigenvalue weighted by Crippen LogP contribution is -2.13. The molecule has 0 saturated carbocycles. The van der Waals surface area contributed by atoms with Crippen LogP contribution in [0.1, 0.15) is 0 Å². The molecule has 1 aliphatic rings. The van der Waals surface area contributed by atoms with Crippen LogP contribution in [-0.4, -0.2) is 17.0 Å². The van der Waals surface area contributed by atoms with Gasteiger partial charge in [0.05, 0.1) is 27.8 Å². The summed E-state index contributed by atoms with van der Waals surface area (Å²) < 4.78 is 33.2. The van der Waals surface area contributed by atoms with Crippen molar-refractivity contribution in [3.63, 3.8) is 0 Å². The molecule has 0 aliphatic carbocycles. The van der Waals surface area contributed by atoms with E-state index in [1.807, 2.05) is 66.7 Å². The molecular formula is C36H22N2O2S. The molecule has 41 heavy (non-hydrogen) atoms. The molecule has 3 heterocycles. The highest BCUT2D eigenvalue weighted by Gasteiger charge is 2.35. The fraction of sp³-hybridized carbons (Fsp3) is 0. The maximum atomic E-state index is 14.7. The smallest absolute Gasteiger partial charge is 0.270 e. The molecule has 1 aliphatic heterocycles. The molecule has 9 rings (SSSR count). The van der Waals surface area contributed by atoms with Crippen LogP contribution in [0.5, 0.6) is 0 Å². The van der Waals surface area contributed by atoms with E-state index in [4.69, 9.17) is 0 Å². The standard InChI is InChI=1S/C36H22N2O2S/c39-41(40)30-22-12-11-21-29(30)37-27-19-9-7-17-25(27)33-31(23-13-3-1-4-14-23)32(24-15-5-2-6-16-24)34-26-18-8-10-20-28(26)38(41)36(34)35(33)37/h1-22H. The van der Waals surface area contributed by atoms with Crippen molar-refractivity contribution in [2.45, 2.75) is 4.90 Å². The van der Waals surface area contributed by atoms with Gasteiger partial charge in [0, 0.05) is 32.7 Å². The van der Waals surface area contributed by atoms with Crippen LogP contribution >= 0.6 is 0 Å². The summed E-state index contributed by atoms with van der Waals surface area (Å²) in [4.78, 5) is 0.295. The molecule has 0 spiro atoms. The number of fused-ring (bicyclic) bond motifs is 8. The number of aromatic nitrogens is 2. The second kappa shape index (κ2) is 7.96.